The van der Waals surface area contributed by atoms with Crippen molar-refractivity contribution < 1.29 is 14.3 Å². The summed E-state index contributed by atoms with van der Waals surface area (Å²) in [6, 6.07) is 11.7. The van der Waals surface area contributed by atoms with Gasteiger partial charge in [0.2, 0.25) is 5.91 Å². The van der Waals surface area contributed by atoms with Crippen LogP contribution in [0.5, 0.6) is 0 Å². The number of hydrogen-bond donors (Lipinski definition) is 1. The number of nitrogens with zero attached hydrogens (tertiary/aromatic N) is 1. The van der Waals surface area contributed by atoms with Gasteiger partial charge in [0.25, 0.3) is 0 Å². The quantitative estimate of drug-likeness (QED) is 0.879. The molecule has 2 N–H and O–H groups in total. The smallest absolute Gasteiger partial charge is 0.405 e. The predicted octanol–water partition coefficient (Wildman–Crippen LogP) is 3.12. The number of ether oxygens (including phenoxy) is 1. The highest BCUT2D eigenvalue weighted by Gasteiger charge is 2.35. The third-order valence-corrected chi connectivity index (χ3v) is 4.11. The fourth-order valence-corrected chi connectivity index (χ4v) is 3.28. The largest absolute Gasteiger partial charge is 0.441 e. The first kappa shape index (κ1) is 14.4. The maximum absolute atomic E-state index is 12.1. The number of carbonyl (C=O) groups is 2. The van der Waals surface area contributed by atoms with Gasteiger partial charge in [0.05, 0.1) is 5.69 Å². The lowest BCUT2D eigenvalue weighted by atomic mass is 9.90. The Morgan fingerprint density at radius 1 is 1.23 bits per heavy atom. The fraction of sp³-hybridized carbons (Fsp3) is 0.294. The van der Waals surface area contributed by atoms with E-state index >= 15 is 0 Å². The minimum Gasteiger partial charge on any atom is -0.441 e. The van der Waals surface area contributed by atoms with E-state index in [1.54, 1.807) is 11.8 Å². The third-order valence-electron chi connectivity index (χ3n) is 4.11. The monoisotopic (exact) mass is 298 g/mol. The molecule has 2 amide bonds. The molecule has 114 valence electrons. The third kappa shape index (κ3) is 2.28. The van der Waals surface area contributed by atoms with Crippen molar-refractivity contribution in [2.45, 2.75) is 32.4 Å². The molecule has 0 aromatic heterocycles. The Kier molecular flexibility index (Phi) is 3.48. The maximum atomic E-state index is 12.1. The SMILES string of the molecule is CC(=O)N1c2c(ccc3ccccc23)C(OC(N)=O)CC1C. The molecule has 2 unspecified atom stereocenters. The van der Waals surface area contributed by atoms with E-state index in [9.17, 15) is 9.59 Å². The zero-order chi connectivity index (χ0) is 15.9. The molecule has 0 saturated carbocycles. The Balaban J connectivity index is 2.26. The van der Waals surface area contributed by atoms with Crippen molar-refractivity contribution in [3.05, 3.63) is 42.0 Å². The Hall–Kier alpha value is -2.56. The van der Waals surface area contributed by atoms with E-state index in [2.05, 4.69) is 0 Å². The van der Waals surface area contributed by atoms with E-state index in [0.29, 0.717) is 6.42 Å². The second-order valence-electron chi connectivity index (χ2n) is 5.62. The molecule has 0 spiro atoms. The number of benzene rings is 2. The van der Waals surface area contributed by atoms with Gasteiger partial charge in [0.15, 0.2) is 0 Å². The van der Waals surface area contributed by atoms with Crippen LogP contribution in [0.15, 0.2) is 36.4 Å². The highest BCUT2D eigenvalue weighted by molar-refractivity contribution is 6.05. The zero-order valence-electron chi connectivity index (χ0n) is 12.6. The first-order chi connectivity index (χ1) is 10.5. The van der Waals surface area contributed by atoms with Gasteiger partial charge in [0.1, 0.15) is 6.10 Å². The summed E-state index contributed by atoms with van der Waals surface area (Å²) in [6.45, 7) is 3.50. The molecule has 1 aliphatic heterocycles. The van der Waals surface area contributed by atoms with Gasteiger partial charge < -0.3 is 15.4 Å². The molecule has 5 heteroatoms. The minimum absolute atomic E-state index is 0.0253. The van der Waals surface area contributed by atoms with E-state index in [1.807, 2.05) is 43.3 Å². The van der Waals surface area contributed by atoms with Crippen molar-refractivity contribution in [3.8, 4) is 0 Å². The van der Waals surface area contributed by atoms with Crippen molar-refractivity contribution in [3.63, 3.8) is 0 Å². The summed E-state index contributed by atoms with van der Waals surface area (Å²) in [6.07, 6.45) is -0.691. The molecule has 0 radical (unpaired) electrons. The van der Waals surface area contributed by atoms with Crippen LogP contribution in [0.25, 0.3) is 10.8 Å². The van der Waals surface area contributed by atoms with Crippen molar-refractivity contribution >= 4 is 28.5 Å². The van der Waals surface area contributed by atoms with Gasteiger partial charge in [-0.3, -0.25) is 4.79 Å². The van der Waals surface area contributed by atoms with E-state index in [1.165, 1.54) is 0 Å². The molecule has 0 saturated heterocycles. The lowest BCUT2D eigenvalue weighted by Gasteiger charge is -2.39. The second kappa shape index (κ2) is 5.33. The first-order valence-electron chi connectivity index (χ1n) is 7.26. The molecule has 0 aliphatic carbocycles. The van der Waals surface area contributed by atoms with Crippen molar-refractivity contribution in [1.82, 2.24) is 0 Å². The number of carbonyl (C=O) groups excluding carboxylic acids is 2. The van der Waals surface area contributed by atoms with Crippen LogP contribution < -0.4 is 10.6 Å². The average Bonchev–Trinajstić information content (AvgIpc) is 2.46. The number of rotatable bonds is 1. The van der Waals surface area contributed by atoms with E-state index < -0.39 is 12.2 Å². The number of primary amides is 1. The molecule has 1 aliphatic rings. The van der Waals surface area contributed by atoms with E-state index in [4.69, 9.17) is 10.5 Å². The minimum atomic E-state index is -0.799. The van der Waals surface area contributed by atoms with Crippen LogP contribution in [0, 0.1) is 0 Å². The molecular formula is C17H18N2O3. The Morgan fingerprint density at radius 3 is 2.64 bits per heavy atom. The number of fused-ring (bicyclic) bond motifs is 3. The van der Waals surface area contributed by atoms with Gasteiger partial charge in [-0.1, -0.05) is 36.4 Å². The normalized spacial score (nSPS) is 20.5. The summed E-state index contributed by atoms with van der Waals surface area (Å²) < 4.78 is 5.27. The Labute approximate surface area is 128 Å². The van der Waals surface area contributed by atoms with Gasteiger partial charge in [-0.05, 0) is 12.3 Å². The zero-order valence-corrected chi connectivity index (χ0v) is 12.6. The van der Waals surface area contributed by atoms with Gasteiger partial charge in [0, 0.05) is 30.3 Å². The number of amides is 2. The molecule has 2 atom stereocenters. The topological polar surface area (TPSA) is 72.6 Å². The summed E-state index contributed by atoms with van der Waals surface area (Å²) in [7, 11) is 0. The lowest BCUT2D eigenvalue weighted by Crippen LogP contribution is -2.43. The standard InChI is InChI=1S/C17H18N2O3/c1-10-9-15(22-17(18)21)14-8-7-12-5-3-4-6-13(12)16(14)19(10)11(2)20/h3-8,10,15H,9H2,1-2H3,(H2,18,21). The van der Waals surface area contributed by atoms with Crippen molar-refractivity contribution in [2.75, 3.05) is 4.90 Å². The molecule has 3 rings (SSSR count). The number of anilines is 1. The van der Waals surface area contributed by atoms with Gasteiger partial charge >= 0.3 is 6.09 Å². The van der Waals surface area contributed by atoms with Gasteiger partial charge in [-0.25, -0.2) is 4.79 Å². The summed E-state index contributed by atoms with van der Waals surface area (Å²) >= 11 is 0. The molecular weight excluding hydrogens is 280 g/mol. The van der Waals surface area contributed by atoms with E-state index in [0.717, 1.165) is 22.0 Å². The van der Waals surface area contributed by atoms with Crippen LogP contribution in [-0.2, 0) is 9.53 Å². The molecule has 0 bridgehead atoms. The van der Waals surface area contributed by atoms with Crippen LogP contribution in [0.1, 0.15) is 31.9 Å². The summed E-state index contributed by atoms with van der Waals surface area (Å²) in [5.74, 6) is -0.0253. The molecule has 5 nitrogen and oxygen atoms in total. The second-order valence-corrected chi connectivity index (χ2v) is 5.62. The summed E-state index contributed by atoms with van der Waals surface area (Å²) in [5.41, 5.74) is 6.83. The highest BCUT2D eigenvalue weighted by Crippen LogP contribution is 2.43. The van der Waals surface area contributed by atoms with Gasteiger partial charge in [-0.15, -0.1) is 0 Å². The fourth-order valence-electron chi connectivity index (χ4n) is 3.28. The Morgan fingerprint density at radius 2 is 1.95 bits per heavy atom. The van der Waals surface area contributed by atoms with Crippen LogP contribution in [0.2, 0.25) is 0 Å². The summed E-state index contributed by atoms with van der Waals surface area (Å²) in [4.78, 5) is 25.1. The predicted molar refractivity (Wildman–Crippen MR) is 84.6 cm³/mol. The van der Waals surface area contributed by atoms with Crippen LogP contribution in [0.4, 0.5) is 10.5 Å². The average molecular weight is 298 g/mol. The van der Waals surface area contributed by atoms with Crippen LogP contribution in [-0.4, -0.2) is 18.0 Å². The van der Waals surface area contributed by atoms with Gasteiger partial charge in [-0.2, -0.15) is 0 Å². The van der Waals surface area contributed by atoms with Crippen molar-refractivity contribution in [2.24, 2.45) is 5.73 Å². The number of nitrogens with two attached hydrogens (primary N) is 1. The molecule has 1 heterocycles. The molecule has 22 heavy (non-hydrogen) atoms. The molecule has 0 fully saturated rings. The van der Waals surface area contributed by atoms with Crippen LogP contribution in [0.3, 0.4) is 0 Å². The number of hydrogen-bond acceptors (Lipinski definition) is 3. The van der Waals surface area contributed by atoms with E-state index in [-0.39, 0.29) is 11.9 Å². The van der Waals surface area contributed by atoms with Crippen molar-refractivity contribution in [1.29, 1.82) is 0 Å². The highest BCUT2D eigenvalue weighted by atomic mass is 16.6. The molecule has 2 aromatic carbocycles. The molecule has 2 aromatic rings. The maximum Gasteiger partial charge on any atom is 0.405 e. The Bertz CT molecular complexity index is 757. The lowest BCUT2D eigenvalue weighted by molar-refractivity contribution is -0.117. The summed E-state index contributed by atoms with van der Waals surface area (Å²) in [5, 5.41) is 2.01. The van der Waals surface area contributed by atoms with Crippen LogP contribution >= 0.6 is 0 Å². The first-order valence-corrected chi connectivity index (χ1v) is 7.26.